The summed E-state index contributed by atoms with van der Waals surface area (Å²) in [6.07, 6.45) is 5.07. The number of allylic oxidation sites excluding steroid dienone is 2. The molecule has 0 aliphatic heterocycles. The summed E-state index contributed by atoms with van der Waals surface area (Å²) in [4.78, 5) is 2.25. The Morgan fingerprint density at radius 2 is 2.00 bits per heavy atom. The molecule has 13 heavy (non-hydrogen) atoms. The van der Waals surface area contributed by atoms with E-state index in [2.05, 4.69) is 48.8 Å². The van der Waals surface area contributed by atoms with E-state index in [9.17, 15) is 0 Å². The molecule has 0 aromatic heterocycles. The molecule has 0 saturated heterocycles. The van der Waals surface area contributed by atoms with Crippen molar-refractivity contribution in [3.05, 3.63) is 53.5 Å². The third-order valence-electron chi connectivity index (χ3n) is 1.62. The molecule has 1 rings (SSSR count). The molecule has 0 bridgehead atoms. The van der Waals surface area contributed by atoms with Gasteiger partial charge in [0.15, 0.2) is 0 Å². The quantitative estimate of drug-likeness (QED) is 0.557. The van der Waals surface area contributed by atoms with Crippen LogP contribution in [0.5, 0.6) is 0 Å². The molecule has 68 valence electrons. The van der Waals surface area contributed by atoms with Gasteiger partial charge in [0.25, 0.3) is 0 Å². The first-order chi connectivity index (χ1) is 6.33. The molecule has 0 nitrogen and oxygen atoms in total. The van der Waals surface area contributed by atoms with Crippen LogP contribution in [0.25, 0.3) is 0 Å². The Balaban J connectivity index is 2.45. The van der Waals surface area contributed by atoms with Crippen LogP contribution in [0.1, 0.15) is 12.0 Å². The van der Waals surface area contributed by atoms with Crippen LogP contribution in [0.3, 0.4) is 0 Å². The molecule has 0 saturated carbocycles. The SMILES string of the molecule is C=CC/C=C/[Se]c1ccc(C)cc1. The van der Waals surface area contributed by atoms with Crippen molar-refractivity contribution < 1.29 is 0 Å². The summed E-state index contributed by atoms with van der Waals surface area (Å²) in [5.74, 6) is 0. The Labute approximate surface area is 86.5 Å². The number of hydrogen-bond donors (Lipinski definition) is 0. The molecule has 0 amide bonds. The van der Waals surface area contributed by atoms with Gasteiger partial charge in [-0.25, -0.2) is 0 Å². The van der Waals surface area contributed by atoms with Crippen LogP contribution in [-0.2, 0) is 0 Å². The van der Waals surface area contributed by atoms with E-state index in [1.807, 2.05) is 6.08 Å². The molecule has 0 N–H and O–H groups in total. The maximum atomic E-state index is 3.67. The Kier molecular flexibility index (Phi) is 4.59. The van der Waals surface area contributed by atoms with Gasteiger partial charge in [0, 0.05) is 0 Å². The Hall–Kier alpha value is -0.781. The van der Waals surface area contributed by atoms with Crippen LogP contribution in [0.4, 0.5) is 0 Å². The first-order valence-corrected chi connectivity index (χ1v) is 6.16. The summed E-state index contributed by atoms with van der Waals surface area (Å²) in [6, 6.07) is 8.73. The molecule has 0 aliphatic rings. The summed E-state index contributed by atoms with van der Waals surface area (Å²) in [6.45, 7) is 5.79. The van der Waals surface area contributed by atoms with Crippen LogP contribution < -0.4 is 4.46 Å². The Morgan fingerprint density at radius 1 is 1.31 bits per heavy atom. The molecule has 0 atom stereocenters. The predicted octanol–water partition coefficient (Wildman–Crippen LogP) is 2.41. The summed E-state index contributed by atoms with van der Waals surface area (Å²) >= 11 is 0.483. The van der Waals surface area contributed by atoms with Crippen LogP contribution in [-0.4, -0.2) is 15.0 Å². The zero-order chi connectivity index (χ0) is 9.52. The van der Waals surface area contributed by atoms with Gasteiger partial charge in [-0.05, 0) is 0 Å². The monoisotopic (exact) mass is 238 g/mol. The number of hydrogen-bond acceptors (Lipinski definition) is 0. The van der Waals surface area contributed by atoms with Crippen molar-refractivity contribution in [1.29, 1.82) is 0 Å². The van der Waals surface area contributed by atoms with Crippen molar-refractivity contribution in [2.75, 3.05) is 0 Å². The van der Waals surface area contributed by atoms with E-state index in [-0.39, 0.29) is 0 Å². The first-order valence-electron chi connectivity index (χ1n) is 4.32. The standard InChI is InChI=1S/C12H14Se/c1-3-4-5-10-13-12-8-6-11(2)7-9-12/h3,5-10H,1,4H2,2H3/b10-5+. The third kappa shape index (κ3) is 4.12. The fraction of sp³-hybridized carbons (Fsp3) is 0.167. The van der Waals surface area contributed by atoms with E-state index in [1.165, 1.54) is 10.0 Å². The molecule has 0 heterocycles. The summed E-state index contributed by atoms with van der Waals surface area (Å²) < 4.78 is 1.43. The van der Waals surface area contributed by atoms with E-state index in [0.29, 0.717) is 15.0 Å². The maximum absolute atomic E-state index is 3.67. The van der Waals surface area contributed by atoms with Gasteiger partial charge < -0.3 is 0 Å². The van der Waals surface area contributed by atoms with Crippen LogP contribution >= 0.6 is 0 Å². The number of benzene rings is 1. The summed E-state index contributed by atoms with van der Waals surface area (Å²) in [5, 5.41) is 0. The van der Waals surface area contributed by atoms with Gasteiger partial charge in [-0.1, -0.05) is 0 Å². The Bertz CT molecular complexity index is 282. The molecular formula is C12H14Se. The molecule has 0 unspecified atom stereocenters. The molecule has 1 aromatic carbocycles. The van der Waals surface area contributed by atoms with Crippen molar-refractivity contribution in [1.82, 2.24) is 0 Å². The molecule has 0 fully saturated rings. The van der Waals surface area contributed by atoms with E-state index in [0.717, 1.165) is 6.42 Å². The second-order valence-corrected chi connectivity index (χ2v) is 4.88. The fourth-order valence-electron chi connectivity index (χ4n) is 0.895. The van der Waals surface area contributed by atoms with Crippen LogP contribution in [0.15, 0.2) is 48.0 Å². The molecule has 1 heteroatoms. The van der Waals surface area contributed by atoms with Gasteiger partial charge in [0.05, 0.1) is 0 Å². The van der Waals surface area contributed by atoms with Crippen molar-refractivity contribution in [2.45, 2.75) is 13.3 Å². The first kappa shape index (κ1) is 10.3. The average Bonchev–Trinajstić information content (AvgIpc) is 2.15. The number of rotatable bonds is 4. The normalized spacial score (nSPS) is 10.5. The zero-order valence-electron chi connectivity index (χ0n) is 7.86. The van der Waals surface area contributed by atoms with E-state index in [1.54, 1.807) is 0 Å². The third-order valence-corrected chi connectivity index (χ3v) is 3.46. The van der Waals surface area contributed by atoms with Crippen molar-refractivity contribution in [3.8, 4) is 0 Å². The topological polar surface area (TPSA) is 0 Å². The molecular weight excluding hydrogens is 223 g/mol. The van der Waals surface area contributed by atoms with Gasteiger partial charge in [0.2, 0.25) is 0 Å². The molecule has 0 radical (unpaired) electrons. The van der Waals surface area contributed by atoms with Gasteiger partial charge in [-0.3, -0.25) is 0 Å². The molecule has 0 spiro atoms. The van der Waals surface area contributed by atoms with Gasteiger partial charge in [-0.15, -0.1) is 0 Å². The van der Waals surface area contributed by atoms with Gasteiger partial charge in [-0.2, -0.15) is 0 Å². The predicted molar refractivity (Wildman–Crippen MR) is 60.5 cm³/mol. The van der Waals surface area contributed by atoms with Crippen molar-refractivity contribution >= 4 is 19.4 Å². The zero-order valence-corrected chi connectivity index (χ0v) is 9.58. The second kappa shape index (κ2) is 5.80. The van der Waals surface area contributed by atoms with Crippen molar-refractivity contribution in [2.24, 2.45) is 0 Å². The second-order valence-electron chi connectivity index (χ2n) is 2.83. The summed E-state index contributed by atoms with van der Waals surface area (Å²) in [5.41, 5.74) is 1.33. The summed E-state index contributed by atoms with van der Waals surface area (Å²) in [7, 11) is 0. The van der Waals surface area contributed by atoms with Gasteiger partial charge >= 0.3 is 86.3 Å². The van der Waals surface area contributed by atoms with E-state index < -0.39 is 0 Å². The van der Waals surface area contributed by atoms with Gasteiger partial charge in [0.1, 0.15) is 0 Å². The van der Waals surface area contributed by atoms with E-state index >= 15 is 0 Å². The van der Waals surface area contributed by atoms with Crippen molar-refractivity contribution in [3.63, 3.8) is 0 Å². The Morgan fingerprint density at radius 3 is 2.62 bits per heavy atom. The molecule has 1 aromatic rings. The number of aryl methyl sites for hydroxylation is 1. The minimum atomic E-state index is 0.483. The fourth-order valence-corrected chi connectivity index (χ4v) is 2.28. The molecule has 0 aliphatic carbocycles. The average molecular weight is 237 g/mol. The van der Waals surface area contributed by atoms with Crippen LogP contribution in [0, 0.1) is 6.92 Å². The minimum absolute atomic E-state index is 0.483. The van der Waals surface area contributed by atoms with E-state index in [4.69, 9.17) is 0 Å². The van der Waals surface area contributed by atoms with Crippen LogP contribution in [0.2, 0.25) is 0 Å².